The van der Waals surface area contributed by atoms with Gasteiger partial charge in [0, 0.05) is 22.5 Å². The molecule has 11 rings (SSSR count). The van der Waals surface area contributed by atoms with Gasteiger partial charge in [0.05, 0.1) is 0 Å². The predicted molar refractivity (Wildman–Crippen MR) is 267 cm³/mol. The van der Waals surface area contributed by atoms with Crippen LogP contribution in [0.1, 0.15) is 48.9 Å². The summed E-state index contributed by atoms with van der Waals surface area (Å²) in [4.78, 5) is 2.46. The quantitative estimate of drug-likeness (QED) is 0.109. The van der Waals surface area contributed by atoms with Gasteiger partial charge in [-0.15, -0.1) is 0 Å². The van der Waals surface area contributed by atoms with Crippen LogP contribution in [0, 0.1) is 0 Å². The highest BCUT2D eigenvalue weighted by Crippen LogP contribution is 2.50. The maximum absolute atomic E-state index is 3.94. The molecule has 9 aromatic rings. The second-order valence-electron chi connectivity index (χ2n) is 17.3. The summed E-state index contributed by atoms with van der Waals surface area (Å²) in [6, 6.07) is 67.4. The van der Waals surface area contributed by atoms with Crippen molar-refractivity contribution >= 4 is 55.3 Å². The van der Waals surface area contributed by atoms with E-state index in [0.717, 1.165) is 24.2 Å². The second-order valence-corrected chi connectivity index (χ2v) is 17.3. The molecule has 0 atom stereocenters. The topological polar surface area (TPSA) is 3.24 Å². The van der Waals surface area contributed by atoms with Crippen molar-refractivity contribution in [1.82, 2.24) is 0 Å². The third-order valence-corrected chi connectivity index (χ3v) is 13.3. The van der Waals surface area contributed by atoms with Crippen LogP contribution >= 0.6 is 0 Å². The molecule has 9 aromatic carbocycles. The minimum Gasteiger partial charge on any atom is -0.314 e. The van der Waals surface area contributed by atoms with E-state index in [0.29, 0.717) is 0 Å². The number of fused-ring (bicyclic) bond motifs is 7. The Morgan fingerprint density at radius 2 is 1.05 bits per heavy atom. The third-order valence-electron chi connectivity index (χ3n) is 13.3. The first kappa shape index (κ1) is 37.5. The Hall–Kier alpha value is -7.48. The highest BCUT2D eigenvalue weighted by Gasteiger charge is 2.35. The molecule has 1 nitrogen and oxygen atoms in total. The van der Waals surface area contributed by atoms with E-state index in [2.05, 4.69) is 226 Å². The van der Waals surface area contributed by atoms with E-state index in [1.165, 1.54) is 99.2 Å². The first-order valence-corrected chi connectivity index (χ1v) is 21.8. The van der Waals surface area contributed by atoms with E-state index in [9.17, 15) is 0 Å². The Labute approximate surface area is 364 Å². The zero-order valence-electron chi connectivity index (χ0n) is 35.3. The first-order chi connectivity index (χ1) is 30.4. The van der Waals surface area contributed by atoms with E-state index >= 15 is 0 Å². The van der Waals surface area contributed by atoms with Gasteiger partial charge in [-0.05, 0) is 161 Å². The number of rotatable bonds is 8. The molecule has 296 valence electrons. The number of nitrogens with zero attached hydrogens (tertiary/aromatic N) is 1. The zero-order chi connectivity index (χ0) is 41.8. The lowest BCUT2D eigenvalue weighted by Crippen LogP contribution is -2.18. The fourth-order valence-electron chi connectivity index (χ4n) is 10.1. The molecule has 0 unspecified atom stereocenters. The van der Waals surface area contributed by atoms with Gasteiger partial charge >= 0.3 is 0 Å². The lowest BCUT2D eigenvalue weighted by molar-refractivity contribution is 0.660. The number of hydrogen-bond acceptors (Lipinski definition) is 1. The largest absolute Gasteiger partial charge is 0.314 e. The number of allylic oxidation sites excluding steroid dienone is 6. The molecule has 0 saturated carbocycles. The second kappa shape index (κ2) is 15.2. The van der Waals surface area contributed by atoms with Crippen LogP contribution in [0.2, 0.25) is 0 Å². The highest BCUT2D eigenvalue weighted by molar-refractivity contribution is 6.13. The van der Waals surface area contributed by atoms with Crippen molar-refractivity contribution in [3.05, 3.63) is 241 Å². The summed E-state index contributed by atoms with van der Waals surface area (Å²) in [5.41, 5.74) is 17.8. The van der Waals surface area contributed by atoms with Gasteiger partial charge in [-0.3, -0.25) is 0 Å². The van der Waals surface area contributed by atoms with Crippen LogP contribution in [0.15, 0.2) is 219 Å². The predicted octanol–water partition coefficient (Wildman–Crippen LogP) is 16.9. The summed E-state index contributed by atoms with van der Waals surface area (Å²) < 4.78 is 0. The van der Waals surface area contributed by atoms with Crippen molar-refractivity contribution in [2.75, 3.05) is 4.90 Å². The Balaban J connectivity index is 0.992. The van der Waals surface area contributed by atoms with Crippen LogP contribution in [0.5, 0.6) is 0 Å². The molecule has 0 spiro atoms. The lowest BCUT2D eigenvalue weighted by Gasteiger charge is -2.30. The summed E-state index contributed by atoms with van der Waals surface area (Å²) >= 11 is 0. The van der Waals surface area contributed by atoms with Crippen LogP contribution in [0.4, 0.5) is 11.4 Å². The van der Waals surface area contributed by atoms with Crippen LogP contribution in [0.25, 0.3) is 77.3 Å². The van der Waals surface area contributed by atoms with Gasteiger partial charge < -0.3 is 4.90 Å². The number of benzene rings is 9. The van der Waals surface area contributed by atoms with Gasteiger partial charge in [-0.1, -0.05) is 178 Å². The van der Waals surface area contributed by atoms with Gasteiger partial charge in [0.1, 0.15) is 0 Å². The Morgan fingerprint density at radius 1 is 0.468 bits per heavy atom. The summed E-state index contributed by atoms with van der Waals surface area (Å²) in [7, 11) is 0. The molecular formula is C61H47N. The van der Waals surface area contributed by atoms with Crippen LogP contribution in [0.3, 0.4) is 0 Å². The van der Waals surface area contributed by atoms with Gasteiger partial charge in [0.15, 0.2) is 0 Å². The Morgan fingerprint density at radius 3 is 1.76 bits per heavy atom. The average Bonchev–Trinajstić information content (AvgIpc) is 3.56. The number of anilines is 2. The summed E-state index contributed by atoms with van der Waals surface area (Å²) in [5.74, 6) is 0. The van der Waals surface area contributed by atoms with Crippen molar-refractivity contribution in [1.29, 1.82) is 0 Å². The fraction of sp³-hybridized carbons (Fsp3) is 0.0820. The normalized spacial score (nSPS) is 14.2. The standard InChI is InChI=1S/C61H47N/c1-4-5-14-47-37-44-15-6-7-16-45(44)38-57(47)42-25-32-50(33-26-42)62(51-34-27-43(28-35-51)58-39-48-17-8-9-18-52(48)53-19-10-11-20-54(53)58)49-30-23-41(24-31-49)46-29-36-56-55-21-12-13-22-59(55)61(2,3)60(56)40-46/h4-23,25-30,32-40H,1,24,31H2,2-3H3/b14-5-. The van der Waals surface area contributed by atoms with E-state index < -0.39 is 0 Å². The fourth-order valence-corrected chi connectivity index (χ4v) is 10.1. The van der Waals surface area contributed by atoms with E-state index in [-0.39, 0.29) is 5.41 Å². The maximum Gasteiger partial charge on any atom is 0.0458 e. The van der Waals surface area contributed by atoms with Crippen LogP contribution in [-0.4, -0.2) is 0 Å². The monoisotopic (exact) mass is 793 g/mol. The van der Waals surface area contributed by atoms with Crippen molar-refractivity contribution in [3.8, 4) is 33.4 Å². The molecule has 0 heterocycles. The summed E-state index contributed by atoms with van der Waals surface area (Å²) in [5, 5.41) is 7.56. The molecule has 0 amide bonds. The zero-order valence-corrected chi connectivity index (χ0v) is 35.3. The molecule has 0 aromatic heterocycles. The third kappa shape index (κ3) is 6.41. The van der Waals surface area contributed by atoms with Crippen molar-refractivity contribution < 1.29 is 0 Å². The van der Waals surface area contributed by atoms with Gasteiger partial charge in [-0.2, -0.15) is 0 Å². The molecule has 2 aliphatic carbocycles. The average molecular weight is 794 g/mol. The molecule has 0 fully saturated rings. The smallest absolute Gasteiger partial charge is 0.0458 e. The Bertz CT molecular complexity index is 3320. The number of hydrogen-bond donors (Lipinski definition) is 0. The molecule has 0 N–H and O–H groups in total. The molecule has 0 radical (unpaired) electrons. The minimum atomic E-state index is -0.0258. The molecule has 0 saturated heterocycles. The summed E-state index contributed by atoms with van der Waals surface area (Å²) in [6.45, 7) is 8.67. The lowest BCUT2D eigenvalue weighted by atomic mass is 9.81. The van der Waals surface area contributed by atoms with Crippen LogP contribution < -0.4 is 4.90 Å². The molecule has 0 bridgehead atoms. The van der Waals surface area contributed by atoms with E-state index in [1.807, 2.05) is 12.2 Å². The SMILES string of the molecule is C=C/C=C\c1cc2ccccc2cc1-c1ccc(N(C2=CC=C(c3ccc4c(c3)C(C)(C)c3ccccc3-4)CC2)c2ccc(-c3cc4ccccc4c4ccccc34)cc2)cc1. The molecule has 62 heavy (non-hydrogen) atoms. The van der Waals surface area contributed by atoms with Gasteiger partial charge in [0.25, 0.3) is 0 Å². The Kier molecular flexibility index (Phi) is 9.20. The maximum atomic E-state index is 3.94. The molecule has 2 aliphatic rings. The van der Waals surface area contributed by atoms with Crippen LogP contribution in [-0.2, 0) is 5.41 Å². The van der Waals surface area contributed by atoms with E-state index in [4.69, 9.17) is 0 Å². The highest BCUT2D eigenvalue weighted by atomic mass is 15.1. The first-order valence-electron chi connectivity index (χ1n) is 21.8. The molecular weight excluding hydrogens is 747 g/mol. The van der Waals surface area contributed by atoms with Crippen molar-refractivity contribution in [3.63, 3.8) is 0 Å². The van der Waals surface area contributed by atoms with Crippen molar-refractivity contribution in [2.45, 2.75) is 32.1 Å². The van der Waals surface area contributed by atoms with Crippen molar-refractivity contribution in [2.24, 2.45) is 0 Å². The molecule has 0 aliphatic heterocycles. The van der Waals surface area contributed by atoms with Gasteiger partial charge in [-0.25, -0.2) is 0 Å². The molecule has 1 heteroatoms. The summed E-state index contributed by atoms with van der Waals surface area (Å²) in [6.07, 6.45) is 12.6. The minimum absolute atomic E-state index is 0.0258. The van der Waals surface area contributed by atoms with Gasteiger partial charge in [0.2, 0.25) is 0 Å². The van der Waals surface area contributed by atoms with E-state index in [1.54, 1.807) is 0 Å².